The van der Waals surface area contributed by atoms with Crippen molar-refractivity contribution in [2.45, 2.75) is 33.0 Å². The van der Waals surface area contributed by atoms with Crippen LogP contribution in [0.2, 0.25) is 0 Å². The monoisotopic (exact) mass is 306 g/mol. The molecule has 120 valence electrons. The normalized spacial score (nSPS) is 11.9. The summed E-state index contributed by atoms with van der Waals surface area (Å²) < 4.78 is 38.0. The Morgan fingerprint density at radius 1 is 1.38 bits per heavy atom. The second-order valence-electron chi connectivity index (χ2n) is 4.63. The van der Waals surface area contributed by atoms with Crippen LogP contribution in [0.1, 0.15) is 26.0 Å². The molecule has 5 nitrogen and oxygen atoms in total. The number of hydrogen-bond acceptors (Lipinski definition) is 3. The molecule has 0 saturated heterocycles. The Balaban J connectivity index is 2.29. The number of nitrogens with zero attached hydrogens (tertiary/aromatic N) is 3. The van der Waals surface area contributed by atoms with Crippen molar-refractivity contribution in [2.24, 2.45) is 0 Å². The molecule has 1 N–H and O–H groups in total. The third-order valence-electron chi connectivity index (χ3n) is 3.10. The molecule has 0 spiro atoms. The lowest BCUT2D eigenvalue weighted by atomic mass is 10.3. The third-order valence-corrected chi connectivity index (χ3v) is 3.10. The molecule has 0 unspecified atom stereocenters. The summed E-state index contributed by atoms with van der Waals surface area (Å²) in [7, 11) is 0. The Hall–Kier alpha value is -1.57. The summed E-state index contributed by atoms with van der Waals surface area (Å²) >= 11 is 0. The van der Waals surface area contributed by atoms with Crippen LogP contribution in [0.4, 0.5) is 13.2 Å². The Bertz CT molecular complexity index is 441. The molecule has 1 amide bonds. The zero-order valence-corrected chi connectivity index (χ0v) is 12.3. The summed E-state index contributed by atoms with van der Waals surface area (Å²) in [6.45, 7) is 7.23. The molecular weight excluding hydrogens is 285 g/mol. The van der Waals surface area contributed by atoms with Gasteiger partial charge < -0.3 is 10.2 Å². The summed E-state index contributed by atoms with van der Waals surface area (Å²) in [6.07, 6.45) is -2.52. The first-order valence-corrected chi connectivity index (χ1v) is 6.96. The standard InChI is InChI=1S/C13H21F3N4O/c1-3-19(4-2)8-5-7-17-12(21)10-20-9-6-11(18-20)13(14,15)16/h6,9H,3-5,7-8,10H2,1-2H3,(H,17,21). The van der Waals surface area contributed by atoms with Gasteiger partial charge in [-0.25, -0.2) is 0 Å². The molecule has 1 rings (SSSR count). The quantitative estimate of drug-likeness (QED) is 0.745. The molecule has 0 saturated carbocycles. The van der Waals surface area contributed by atoms with Crippen molar-refractivity contribution >= 4 is 5.91 Å². The highest BCUT2D eigenvalue weighted by molar-refractivity contribution is 5.75. The van der Waals surface area contributed by atoms with E-state index in [1.54, 1.807) is 0 Å². The van der Waals surface area contributed by atoms with Crippen LogP contribution in [-0.4, -0.2) is 46.8 Å². The highest BCUT2D eigenvalue weighted by Crippen LogP contribution is 2.27. The molecule has 21 heavy (non-hydrogen) atoms. The summed E-state index contributed by atoms with van der Waals surface area (Å²) in [6, 6.07) is 0.855. The van der Waals surface area contributed by atoms with Crippen LogP contribution in [0, 0.1) is 0 Å². The second kappa shape index (κ2) is 8.02. The summed E-state index contributed by atoms with van der Waals surface area (Å²) in [5.74, 6) is -0.341. The van der Waals surface area contributed by atoms with Gasteiger partial charge in [0.05, 0.1) is 0 Å². The van der Waals surface area contributed by atoms with Gasteiger partial charge in [-0.2, -0.15) is 18.3 Å². The van der Waals surface area contributed by atoms with E-state index in [1.165, 1.54) is 0 Å². The van der Waals surface area contributed by atoms with Crippen LogP contribution in [0.25, 0.3) is 0 Å². The average molecular weight is 306 g/mol. The minimum absolute atomic E-state index is 0.207. The van der Waals surface area contributed by atoms with Crippen molar-refractivity contribution in [1.29, 1.82) is 0 Å². The van der Waals surface area contributed by atoms with Gasteiger partial charge in [-0.3, -0.25) is 9.48 Å². The van der Waals surface area contributed by atoms with Crippen molar-refractivity contribution in [3.63, 3.8) is 0 Å². The van der Waals surface area contributed by atoms with Crippen molar-refractivity contribution in [2.75, 3.05) is 26.2 Å². The average Bonchev–Trinajstić information content (AvgIpc) is 2.87. The first-order valence-electron chi connectivity index (χ1n) is 6.96. The molecular formula is C13H21F3N4O. The topological polar surface area (TPSA) is 50.2 Å². The van der Waals surface area contributed by atoms with Crippen molar-refractivity contribution in [3.8, 4) is 0 Å². The fourth-order valence-corrected chi connectivity index (χ4v) is 1.87. The summed E-state index contributed by atoms with van der Waals surface area (Å²) in [5, 5.41) is 6.00. The van der Waals surface area contributed by atoms with Gasteiger partial charge in [0.25, 0.3) is 0 Å². The van der Waals surface area contributed by atoms with Crippen molar-refractivity contribution < 1.29 is 18.0 Å². The fraction of sp³-hybridized carbons (Fsp3) is 0.692. The number of carbonyl (C=O) groups is 1. The molecule has 0 atom stereocenters. The number of halogens is 3. The predicted molar refractivity (Wildman–Crippen MR) is 72.6 cm³/mol. The predicted octanol–water partition coefficient (Wildman–Crippen LogP) is 1.75. The fourth-order valence-electron chi connectivity index (χ4n) is 1.87. The van der Waals surface area contributed by atoms with Gasteiger partial charge in [-0.15, -0.1) is 0 Å². The largest absolute Gasteiger partial charge is 0.435 e. The van der Waals surface area contributed by atoms with Gasteiger partial charge in [-0.05, 0) is 32.1 Å². The molecule has 0 radical (unpaired) electrons. The summed E-state index contributed by atoms with van der Waals surface area (Å²) in [5.41, 5.74) is -0.989. The number of amides is 1. The molecule has 1 aromatic heterocycles. The third kappa shape index (κ3) is 6.16. The van der Waals surface area contributed by atoms with E-state index in [0.29, 0.717) is 6.54 Å². The van der Waals surface area contributed by atoms with E-state index >= 15 is 0 Å². The number of aromatic nitrogens is 2. The molecule has 1 heterocycles. The second-order valence-corrected chi connectivity index (χ2v) is 4.63. The van der Waals surface area contributed by atoms with Gasteiger partial charge in [0, 0.05) is 12.7 Å². The molecule has 0 aliphatic rings. The van der Waals surface area contributed by atoms with Crippen LogP contribution in [-0.2, 0) is 17.5 Å². The minimum Gasteiger partial charge on any atom is -0.354 e. The van der Waals surface area contributed by atoms with E-state index in [4.69, 9.17) is 0 Å². The van der Waals surface area contributed by atoms with Gasteiger partial charge >= 0.3 is 6.18 Å². The lowest BCUT2D eigenvalue weighted by molar-refractivity contribution is -0.141. The van der Waals surface area contributed by atoms with Crippen molar-refractivity contribution in [3.05, 3.63) is 18.0 Å². The maximum absolute atomic E-state index is 12.3. The highest BCUT2D eigenvalue weighted by Gasteiger charge is 2.33. The molecule has 0 aliphatic heterocycles. The van der Waals surface area contributed by atoms with Gasteiger partial charge in [-0.1, -0.05) is 13.8 Å². The maximum atomic E-state index is 12.3. The number of rotatable bonds is 8. The van der Waals surface area contributed by atoms with Gasteiger partial charge in [0.2, 0.25) is 5.91 Å². The zero-order valence-electron chi connectivity index (χ0n) is 12.3. The number of alkyl halides is 3. The Morgan fingerprint density at radius 2 is 2.05 bits per heavy atom. The van der Waals surface area contributed by atoms with E-state index in [0.717, 1.165) is 43.0 Å². The van der Waals surface area contributed by atoms with Crippen molar-refractivity contribution in [1.82, 2.24) is 20.0 Å². The molecule has 8 heteroatoms. The van der Waals surface area contributed by atoms with E-state index in [2.05, 4.69) is 29.2 Å². The lowest BCUT2D eigenvalue weighted by Gasteiger charge is -2.17. The highest BCUT2D eigenvalue weighted by atomic mass is 19.4. The number of hydrogen-bond donors (Lipinski definition) is 1. The molecule has 0 fully saturated rings. The molecule has 1 aromatic rings. The first-order chi connectivity index (χ1) is 9.86. The number of carbonyl (C=O) groups excluding carboxylic acids is 1. The van der Waals surface area contributed by atoms with E-state index < -0.39 is 11.9 Å². The SMILES string of the molecule is CCN(CC)CCCNC(=O)Cn1ccc(C(F)(F)F)n1. The van der Waals surface area contributed by atoms with Crippen LogP contribution < -0.4 is 5.32 Å². The Morgan fingerprint density at radius 3 is 2.57 bits per heavy atom. The minimum atomic E-state index is -4.48. The van der Waals surface area contributed by atoms with Crippen LogP contribution in [0.5, 0.6) is 0 Å². The van der Waals surface area contributed by atoms with Crippen LogP contribution in [0.3, 0.4) is 0 Å². The van der Waals surface area contributed by atoms with Crippen LogP contribution in [0.15, 0.2) is 12.3 Å². The van der Waals surface area contributed by atoms with Gasteiger partial charge in [0.1, 0.15) is 6.54 Å². The smallest absolute Gasteiger partial charge is 0.354 e. The molecule has 0 aliphatic carbocycles. The van der Waals surface area contributed by atoms with E-state index in [-0.39, 0.29) is 12.5 Å². The summed E-state index contributed by atoms with van der Waals surface area (Å²) in [4.78, 5) is 13.8. The zero-order chi connectivity index (χ0) is 15.9. The maximum Gasteiger partial charge on any atom is 0.435 e. The van der Waals surface area contributed by atoms with E-state index in [9.17, 15) is 18.0 Å². The lowest BCUT2D eigenvalue weighted by Crippen LogP contribution is -2.32. The first kappa shape index (κ1) is 17.5. The number of nitrogens with one attached hydrogen (secondary N) is 1. The Kier molecular flexibility index (Phi) is 6.67. The molecule has 0 aromatic carbocycles. The Labute approximate surface area is 122 Å². The van der Waals surface area contributed by atoms with Crippen LogP contribution >= 0.6 is 0 Å². The molecule has 0 bridgehead atoms. The van der Waals surface area contributed by atoms with E-state index in [1.807, 2.05) is 0 Å². The van der Waals surface area contributed by atoms with Gasteiger partial charge in [0.15, 0.2) is 5.69 Å².